The molecule has 1 amide bonds. The van der Waals surface area contributed by atoms with Crippen molar-refractivity contribution in [2.45, 2.75) is 44.4 Å². The van der Waals surface area contributed by atoms with Gasteiger partial charge in [0.2, 0.25) is 5.91 Å². The first kappa shape index (κ1) is 13.5. The lowest BCUT2D eigenvalue weighted by molar-refractivity contribution is -0.131. The third-order valence-electron chi connectivity index (χ3n) is 4.46. The molecule has 0 spiro atoms. The SMILES string of the molecule is O=C(CC1CCOc2ccccc21)N1CCCCCC1. The molecule has 3 rings (SSSR count). The Bertz CT molecular complexity index is 464. The molecule has 0 bridgehead atoms. The minimum atomic E-state index is 0.327. The maximum atomic E-state index is 12.5. The molecule has 20 heavy (non-hydrogen) atoms. The number of amides is 1. The van der Waals surface area contributed by atoms with Gasteiger partial charge in [-0.15, -0.1) is 0 Å². The van der Waals surface area contributed by atoms with Gasteiger partial charge in [-0.2, -0.15) is 0 Å². The van der Waals surface area contributed by atoms with Gasteiger partial charge < -0.3 is 9.64 Å². The standard InChI is InChI=1S/C17H23NO2/c19-17(18-10-5-1-2-6-11-18)13-14-9-12-20-16-8-4-3-7-15(14)16/h3-4,7-8,14H,1-2,5-6,9-13H2. The Balaban J connectivity index is 1.67. The van der Waals surface area contributed by atoms with Gasteiger partial charge >= 0.3 is 0 Å². The van der Waals surface area contributed by atoms with Gasteiger partial charge in [-0.3, -0.25) is 4.79 Å². The normalized spacial score (nSPS) is 22.6. The summed E-state index contributed by atoms with van der Waals surface area (Å²) in [4.78, 5) is 14.6. The molecule has 1 fully saturated rings. The van der Waals surface area contributed by atoms with E-state index in [2.05, 4.69) is 11.0 Å². The van der Waals surface area contributed by atoms with E-state index in [1.807, 2.05) is 18.2 Å². The lowest BCUT2D eigenvalue weighted by Crippen LogP contribution is -2.33. The number of likely N-dealkylation sites (tertiary alicyclic amines) is 1. The van der Waals surface area contributed by atoms with Gasteiger partial charge in [0.25, 0.3) is 0 Å². The van der Waals surface area contributed by atoms with Crippen LogP contribution in [0.1, 0.15) is 50.0 Å². The predicted octanol–water partition coefficient (Wildman–Crippen LogP) is 3.35. The first-order valence-corrected chi connectivity index (χ1v) is 7.84. The fourth-order valence-electron chi connectivity index (χ4n) is 3.29. The van der Waals surface area contributed by atoms with E-state index in [1.54, 1.807) is 0 Å². The number of benzene rings is 1. The zero-order valence-electron chi connectivity index (χ0n) is 12.0. The van der Waals surface area contributed by atoms with Crippen LogP contribution < -0.4 is 4.74 Å². The molecule has 1 unspecified atom stereocenters. The quantitative estimate of drug-likeness (QED) is 0.827. The van der Waals surface area contributed by atoms with E-state index in [9.17, 15) is 4.79 Å². The molecule has 2 aliphatic heterocycles. The summed E-state index contributed by atoms with van der Waals surface area (Å²) in [5.41, 5.74) is 1.21. The van der Waals surface area contributed by atoms with Crippen molar-refractivity contribution >= 4 is 5.91 Å². The van der Waals surface area contributed by atoms with Crippen molar-refractivity contribution in [2.75, 3.05) is 19.7 Å². The van der Waals surface area contributed by atoms with Gasteiger partial charge in [0, 0.05) is 19.5 Å². The zero-order valence-corrected chi connectivity index (χ0v) is 12.0. The number of carbonyl (C=O) groups is 1. The molecule has 2 aliphatic rings. The second-order valence-corrected chi connectivity index (χ2v) is 5.87. The molecule has 0 N–H and O–H groups in total. The summed E-state index contributed by atoms with van der Waals surface area (Å²) in [6.07, 6.45) is 6.46. The molecule has 108 valence electrons. The number of fused-ring (bicyclic) bond motifs is 1. The predicted molar refractivity (Wildman–Crippen MR) is 79.0 cm³/mol. The highest BCUT2D eigenvalue weighted by molar-refractivity contribution is 5.77. The summed E-state index contributed by atoms with van der Waals surface area (Å²) in [5.74, 6) is 1.62. The molecule has 1 saturated heterocycles. The summed E-state index contributed by atoms with van der Waals surface area (Å²) in [5, 5.41) is 0. The average molecular weight is 273 g/mol. The van der Waals surface area contributed by atoms with Crippen LogP contribution in [0.2, 0.25) is 0 Å². The number of para-hydroxylation sites is 1. The van der Waals surface area contributed by atoms with Gasteiger partial charge in [-0.25, -0.2) is 0 Å². The molecular formula is C17H23NO2. The smallest absolute Gasteiger partial charge is 0.223 e. The Hall–Kier alpha value is -1.51. The van der Waals surface area contributed by atoms with Crippen LogP contribution in [0.5, 0.6) is 5.75 Å². The molecular weight excluding hydrogens is 250 g/mol. The first-order valence-electron chi connectivity index (χ1n) is 7.84. The van der Waals surface area contributed by atoms with Gasteiger partial charge in [0.05, 0.1) is 6.61 Å². The van der Waals surface area contributed by atoms with Gasteiger partial charge in [-0.1, -0.05) is 31.0 Å². The highest BCUT2D eigenvalue weighted by Gasteiger charge is 2.25. The van der Waals surface area contributed by atoms with Crippen LogP contribution in [-0.2, 0) is 4.79 Å². The number of ether oxygens (including phenoxy) is 1. The van der Waals surface area contributed by atoms with E-state index in [1.165, 1.54) is 18.4 Å². The van der Waals surface area contributed by atoms with Gasteiger partial charge in [0.15, 0.2) is 0 Å². The van der Waals surface area contributed by atoms with Crippen LogP contribution in [0.25, 0.3) is 0 Å². The fourth-order valence-corrected chi connectivity index (χ4v) is 3.29. The Labute approximate surface area is 120 Å². The maximum absolute atomic E-state index is 12.5. The molecule has 2 heterocycles. The molecule has 0 aromatic heterocycles. The third kappa shape index (κ3) is 2.97. The number of nitrogens with zero attached hydrogens (tertiary/aromatic N) is 1. The first-order chi connectivity index (χ1) is 9.84. The minimum absolute atomic E-state index is 0.327. The maximum Gasteiger partial charge on any atom is 0.223 e. The van der Waals surface area contributed by atoms with Crippen LogP contribution in [0.15, 0.2) is 24.3 Å². The van der Waals surface area contributed by atoms with Gasteiger partial charge in [0.1, 0.15) is 5.75 Å². The fraction of sp³-hybridized carbons (Fsp3) is 0.588. The summed E-state index contributed by atoms with van der Waals surface area (Å²) >= 11 is 0. The topological polar surface area (TPSA) is 29.5 Å². The monoisotopic (exact) mass is 273 g/mol. The highest BCUT2D eigenvalue weighted by Crippen LogP contribution is 2.35. The summed E-state index contributed by atoms with van der Waals surface area (Å²) in [7, 11) is 0. The van der Waals surface area contributed by atoms with E-state index in [0.717, 1.165) is 44.7 Å². The van der Waals surface area contributed by atoms with Crippen molar-refractivity contribution in [1.82, 2.24) is 4.90 Å². The van der Waals surface area contributed by atoms with Crippen molar-refractivity contribution in [3.8, 4) is 5.75 Å². The number of hydrogen-bond donors (Lipinski definition) is 0. The molecule has 0 aliphatic carbocycles. The Morgan fingerprint density at radius 2 is 1.90 bits per heavy atom. The van der Waals surface area contributed by atoms with Gasteiger partial charge in [-0.05, 0) is 36.8 Å². The highest BCUT2D eigenvalue weighted by atomic mass is 16.5. The number of rotatable bonds is 2. The van der Waals surface area contributed by atoms with E-state index >= 15 is 0 Å². The van der Waals surface area contributed by atoms with Crippen molar-refractivity contribution in [3.63, 3.8) is 0 Å². The molecule has 1 atom stereocenters. The van der Waals surface area contributed by atoms with Crippen molar-refractivity contribution in [1.29, 1.82) is 0 Å². The van der Waals surface area contributed by atoms with Crippen LogP contribution in [0.3, 0.4) is 0 Å². The Morgan fingerprint density at radius 1 is 1.15 bits per heavy atom. The molecule has 1 aromatic carbocycles. The van der Waals surface area contributed by atoms with E-state index in [-0.39, 0.29) is 0 Å². The van der Waals surface area contributed by atoms with E-state index in [4.69, 9.17) is 4.74 Å². The Kier molecular flexibility index (Phi) is 4.24. The van der Waals surface area contributed by atoms with Crippen LogP contribution in [0, 0.1) is 0 Å². The lowest BCUT2D eigenvalue weighted by Gasteiger charge is -2.28. The Morgan fingerprint density at radius 3 is 2.70 bits per heavy atom. The van der Waals surface area contributed by atoms with Crippen molar-refractivity contribution in [3.05, 3.63) is 29.8 Å². The zero-order chi connectivity index (χ0) is 13.8. The minimum Gasteiger partial charge on any atom is -0.493 e. The number of hydrogen-bond acceptors (Lipinski definition) is 2. The van der Waals surface area contributed by atoms with E-state index < -0.39 is 0 Å². The summed E-state index contributed by atoms with van der Waals surface area (Å²) < 4.78 is 5.68. The van der Waals surface area contributed by atoms with Crippen LogP contribution >= 0.6 is 0 Å². The molecule has 0 radical (unpaired) electrons. The molecule has 3 nitrogen and oxygen atoms in total. The van der Waals surface area contributed by atoms with E-state index in [0.29, 0.717) is 18.2 Å². The largest absolute Gasteiger partial charge is 0.493 e. The van der Waals surface area contributed by atoms with Crippen LogP contribution in [0.4, 0.5) is 0 Å². The lowest BCUT2D eigenvalue weighted by atomic mass is 9.90. The number of carbonyl (C=O) groups excluding carboxylic acids is 1. The second kappa shape index (κ2) is 6.29. The summed E-state index contributed by atoms with van der Waals surface area (Å²) in [6.45, 7) is 2.63. The van der Waals surface area contributed by atoms with Crippen LogP contribution in [-0.4, -0.2) is 30.5 Å². The second-order valence-electron chi connectivity index (χ2n) is 5.87. The molecule has 1 aromatic rings. The third-order valence-corrected chi connectivity index (χ3v) is 4.46. The molecule has 3 heteroatoms. The molecule has 0 saturated carbocycles. The van der Waals surface area contributed by atoms with Crippen molar-refractivity contribution in [2.24, 2.45) is 0 Å². The van der Waals surface area contributed by atoms with Crippen molar-refractivity contribution < 1.29 is 9.53 Å². The average Bonchev–Trinajstić information content (AvgIpc) is 2.77. The summed E-state index contributed by atoms with van der Waals surface area (Å²) in [6, 6.07) is 8.15.